The molecule has 0 unspecified atom stereocenters. The standard InChI is InChI=1S/C17H26O3/c1-12(10-18)9-13(2)16-14(3)11-19-17(20-16)15-7-5-4-6-8-15/h4-8,12-14,16-18H,9-11H2,1-3H3/t12-,13+,14+,16-,17+/m1/s1. The predicted molar refractivity (Wildman–Crippen MR) is 79.2 cm³/mol. The quantitative estimate of drug-likeness (QED) is 0.897. The fourth-order valence-corrected chi connectivity index (χ4v) is 2.97. The van der Waals surface area contributed by atoms with E-state index in [2.05, 4.69) is 20.8 Å². The Kier molecular flexibility index (Phi) is 5.58. The van der Waals surface area contributed by atoms with Crippen molar-refractivity contribution in [2.24, 2.45) is 17.8 Å². The van der Waals surface area contributed by atoms with E-state index in [0.29, 0.717) is 17.8 Å². The van der Waals surface area contributed by atoms with E-state index in [-0.39, 0.29) is 19.0 Å². The van der Waals surface area contributed by atoms with Gasteiger partial charge >= 0.3 is 0 Å². The number of aliphatic hydroxyl groups is 1. The Morgan fingerprint density at radius 2 is 1.95 bits per heavy atom. The Morgan fingerprint density at radius 1 is 1.25 bits per heavy atom. The molecule has 0 spiro atoms. The highest BCUT2D eigenvalue weighted by Crippen LogP contribution is 2.34. The van der Waals surface area contributed by atoms with Gasteiger partial charge in [0.05, 0.1) is 12.7 Å². The van der Waals surface area contributed by atoms with Gasteiger partial charge in [0.1, 0.15) is 0 Å². The summed E-state index contributed by atoms with van der Waals surface area (Å²) < 4.78 is 12.0. The van der Waals surface area contributed by atoms with Crippen LogP contribution in [0.4, 0.5) is 0 Å². The molecule has 0 radical (unpaired) electrons. The number of rotatable bonds is 5. The van der Waals surface area contributed by atoms with Gasteiger partial charge in [-0.25, -0.2) is 0 Å². The van der Waals surface area contributed by atoms with Gasteiger partial charge in [0.2, 0.25) is 0 Å². The van der Waals surface area contributed by atoms with E-state index < -0.39 is 0 Å². The van der Waals surface area contributed by atoms with E-state index in [1.165, 1.54) is 0 Å². The Balaban J connectivity index is 2.01. The van der Waals surface area contributed by atoms with Crippen LogP contribution < -0.4 is 0 Å². The predicted octanol–water partition coefficient (Wildman–Crippen LogP) is 3.39. The van der Waals surface area contributed by atoms with E-state index >= 15 is 0 Å². The molecule has 0 saturated carbocycles. The van der Waals surface area contributed by atoms with E-state index in [4.69, 9.17) is 9.47 Å². The number of hydrogen-bond donors (Lipinski definition) is 1. The maximum Gasteiger partial charge on any atom is 0.184 e. The van der Waals surface area contributed by atoms with Crippen LogP contribution in [0.2, 0.25) is 0 Å². The Hall–Kier alpha value is -0.900. The van der Waals surface area contributed by atoms with Crippen LogP contribution in [0.5, 0.6) is 0 Å². The lowest BCUT2D eigenvalue weighted by Crippen LogP contribution is -2.39. The minimum absolute atomic E-state index is 0.183. The number of benzene rings is 1. The second-order valence-electron chi connectivity index (χ2n) is 6.15. The molecule has 1 saturated heterocycles. The van der Waals surface area contributed by atoms with Gasteiger partial charge in [-0.3, -0.25) is 0 Å². The van der Waals surface area contributed by atoms with Crippen molar-refractivity contribution in [3.63, 3.8) is 0 Å². The van der Waals surface area contributed by atoms with E-state index in [9.17, 15) is 5.11 Å². The maximum absolute atomic E-state index is 9.21. The third-order valence-electron chi connectivity index (χ3n) is 4.07. The van der Waals surface area contributed by atoms with Crippen molar-refractivity contribution in [2.75, 3.05) is 13.2 Å². The minimum Gasteiger partial charge on any atom is -0.396 e. The fraction of sp³-hybridized carbons (Fsp3) is 0.647. The van der Waals surface area contributed by atoms with Gasteiger partial charge in [0, 0.05) is 18.1 Å². The maximum atomic E-state index is 9.21. The molecule has 1 aromatic rings. The van der Waals surface area contributed by atoms with Gasteiger partial charge in [-0.05, 0) is 18.3 Å². The summed E-state index contributed by atoms with van der Waals surface area (Å²) in [7, 11) is 0. The monoisotopic (exact) mass is 278 g/mol. The average Bonchev–Trinajstić information content (AvgIpc) is 2.48. The lowest BCUT2D eigenvalue weighted by Gasteiger charge is -2.39. The normalized spacial score (nSPS) is 29.9. The van der Waals surface area contributed by atoms with E-state index in [1.807, 2.05) is 30.3 Å². The van der Waals surface area contributed by atoms with Crippen molar-refractivity contribution in [3.05, 3.63) is 35.9 Å². The SMILES string of the molecule is C[C@@H](CO)C[C@H](C)[C@H]1O[C@@H](c2ccccc2)OC[C@@H]1C. The molecule has 112 valence electrons. The molecular formula is C17H26O3. The van der Waals surface area contributed by atoms with Crippen LogP contribution in [0.15, 0.2) is 30.3 Å². The van der Waals surface area contributed by atoms with Crippen molar-refractivity contribution < 1.29 is 14.6 Å². The zero-order valence-electron chi connectivity index (χ0n) is 12.7. The van der Waals surface area contributed by atoms with Crippen molar-refractivity contribution in [1.82, 2.24) is 0 Å². The topological polar surface area (TPSA) is 38.7 Å². The summed E-state index contributed by atoms with van der Waals surface area (Å²) in [5.41, 5.74) is 1.08. The smallest absolute Gasteiger partial charge is 0.184 e. The molecule has 20 heavy (non-hydrogen) atoms. The highest BCUT2D eigenvalue weighted by atomic mass is 16.7. The summed E-state index contributed by atoms with van der Waals surface area (Å²) in [6, 6.07) is 10.1. The molecule has 3 heteroatoms. The minimum atomic E-state index is -0.260. The first kappa shape index (κ1) is 15.5. The highest BCUT2D eigenvalue weighted by molar-refractivity contribution is 5.16. The average molecular weight is 278 g/mol. The molecule has 1 N–H and O–H groups in total. The van der Waals surface area contributed by atoms with Gasteiger partial charge in [0.25, 0.3) is 0 Å². The molecule has 3 nitrogen and oxygen atoms in total. The molecule has 2 rings (SSSR count). The number of aliphatic hydroxyl groups excluding tert-OH is 1. The molecular weight excluding hydrogens is 252 g/mol. The van der Waals surface area contributed by atoms with E-state index in [0.717, 1.165) is 18.6 Å². The summed E-state index contributed by atoms with van der Waals surface area (Å²) in [4.78, 5) is 0. The summed E-state index contributed by atoms with van der Waals surface area (Å²) in [6.07, 6.45) is 0.903. The van der Waals surface area contributed by atoms with Crippen LogP contribution in [0.1, 0.15) is 39.0 Å². The highest BCUT2D eigenvalue weighted by Gasteiger charge is 2.33. The Labute approximate surface area is 121 Å². The van der Waals surface area contributed by atoms with Gasteiger partial charge in [-0.2, -0.15) is 0 Å². The summed E-state index contributed by atoms with van der Waals surface area (Å²) >= 11 is 0. The zero-order valence-corrected chi connectivity index (χ0v) is 12.7. The fourth-order valence-electron chi connectivity index (χ4n) is 2.97. The van der Waals surface area contributed by atoms with Crippen LogP contribution in [-0.4, -0.2) is 24.4 Å². The lowest BCUT2D eigenvalue weighted by molar-refractivity contribution is -0.250. The summed E-state index contributed by atoms with van der Waals surface area (Å²) in [5.74, 6) is 1.12. The Bertz CT molecular complexity index is 392. The largest absolute Gasteiger partial charge is 0.396 e. The molecule has 0 aromatic heterocycles. The second kappa shape index (κ2) is 7.21. The molecule has 5 atom stereocenters. The first-order valence-corrected chi connectivity index (χ1v) is 7.54. The second-order valence-corrected chi connectivity index (χ2v) is 6.15. The third kappa shape index (κ3) is 3.81. The molecule has 1 aliphatic heterocycles. The van der Waals surface area contributed by atoms with Gasteiger partial charge in [0.15, 0.2) is 6.29 Å². The summed E-state index contributed by atoms with van der Waals surface area (Å²) in [6.45, 7) is 7.42. The lowest BCUT2D eigenvalue weighted by atomic mass is 9.86. The van der Waals surface area contributed by atoms with Crippen molar-refractivity contribution in [1.29, 1.82) is 0 Å². The van der Waals surface area contributed by atoms with Crippen LogP contribution in [0, 0.1) is 17.8 Å². The Morgan fingerprint density at radius 3 is 2.60 bits per heavy atom. The third-order valence-corrected chi connectivity index (χ3v) is 4.07. The van der Waals surface area contributed by atoms with Crippen molar-refractivity contribution >= 4 is 0 Å². The molecule has 0 amide bonds. The van der Waals surface area contributed by atoms with Crippen LogP contribution in [-0.2, 0) is 9.47 Å². The van der Waals surface area contributed by atoms with Gasteiger partial charge < -0.3 is 14.6 Å². The molecule has 1 aliphatic rings. The first-order valence-electron chi connectivity index (χ1n) is 7.54. The summed E-state index contributed by atoms with van der Waals surface area (Å²) in [5, 5.41) is 9.21. The van der Waals surface area contributed by atoms with Gasteiger partial charge in [-0.1, -0.05) is 51.1 Å². The van der Waals surface area contributed by atoms with Crippen LogP contribution >= 0.6 is 0 Å². The molecule has 0 aliphatic carbocycles. The zero-order chi connectivity index (χ0) is 14.5. The number of hydrogen-bond acceptors (Lipinski definition) is 3. The van der Waals surface area contributed by atoms with Crippen molar-refractivity contribution in [3.8, 4) is 0 Å². The molecule has 1 fully saturated rings. The first-order chi connectivity index (χ1) is 9.61. The molecule has 0 bridgehead atoms. The van der Waals surface area contributed by atoms with Gasteiger partial charge in [-0.15, -0.1) is 0 Å². The van der Waals surface area contributed by atoms with Crippen LogP contribution in [0.25, 0.3) is 0 Å². The van der Waals surface area contributed by atoms with Crippen LogP contribution in [0.3, 0.4) is 0 Å². The van der Waals surface area contributed by atoms with E-state index in [1.54, 1.807) is 0 Å². The number of ether oxygens (including phenoxy) is 2. The van der Waals surface area contributed by atoms with Crippen molar-refractivity contribution in [2.45, 2.75) is 39.6 Å². The molecule has 1 aromatic carbocycles. The molecule has 1 heterocycles.